The van der Waals surface area contributed by atoms with Crippen LogP contribution in [0.1, 0.15) is 29.3 Å². The van der Waals surface area contributed by atoms with Crippen LogP contribution in [0.3, 0.4) is 0 Å². The Morgan fingerprint density at radius 1 is 1.09 bits per heavy atom. The SMILES string of the molecule is OCC(Nc1ncnc2cc(C3=CC=C(CN4CCNCC4)CC3)sc12)c1ccccc1. The highest BCUT2D eigenvalue weighted by atomic mass is 32.1. The van der Waals surface area contributed by atoms with Gasteiger partial charge in [-0.3, -0.25) is 4.90 Å². The fourth-order valence-corrected chi connectivity index (χ4v) is 5.49. The van der Waals surface area contributed by atoms with Crippen LogP contribution in [-0.2, 0) is 0 Å². The molecule has 1 aromatic carbocycles. The normalized spacial score (nSPS) is 18.3. The van der Waals surface area contributed by atoms with Crippen LogP contribution in [0.25, 0.3) is 15.8 Å². The van der Waals surface area contributed by atoms with Crippen LogP contribution in [0.15, 0.2) is 60.5 Å². The number of nitrogens with one attached hydrogen (secondary N) is 2. The maximum Gasteiger partial charge on any atom is 0.148 e. The van der Waals surface area contributed by atoms with Gasteiger partial charge in [0.2, 0.25) is 0 Å². The van der Waals surface area contributed by atoms with Crippen LogP contribution in [0.2, 0.25) is 0 Å². The lowest BCUT2D eigenvalue weighted by atomic mass is 9.97. The smallest absolute Gasteiger partial charge is 0.148 e. The number of aliphatic hydroxyl groups excluding tert-OH is 1. The number of hydrogen-bond donors (Lipinski definition) is 3. The summed E-state index contributed by atoms with van der Waals surface area (Å²) in [4.78, 5) is 12.8. The summed E-state index contributed by atoms with van der Waals surface area (Å²) < 4.78 is 1.04. The quantitative estimate of drug-likeness (QED) is 0.511. The van der Waals surface area contributed by atoms with E-state index in [0.29, 0.717) is 0 Å². The summed E-state index contributed by atoms with van der Waals surface area (Å²) in [5.74, 6) is 0.778. The van der Waals surface area contributed by atoms with Gasteiger partial charge in [0.15, 0.2) is 0 Å². The number of hydrogen-bond acceptors (Lipinski definition) is 7. The van der Waals surface area contributed by atoms with Crippen LogP contribution in [0.5, 0.6) is 0 Å². The predicted molar refractivity (Wildman–Crippen MR) is 132 cm³/mol. The molecule has 1 fully saturated rings. The average molecular weight is 448 g/mol. The van der Waals surface area contributed by atoms with Crippen molar-refractivity contribution < 1.29 is 5.11 Å². The third-order valence-electron chi connectivity index (χ3n) is 6.20. The summed E-state index contributed by atoms with van der Waals surface area (Å²) in [7, 11) is 0. The van der Waals surface area contributed by atoms with Crippen molar-refractivity contribution in [3.05, 3.63) is 70.9 Å². The summed E-state index contributed by atoms with van der Waals surface area (Å²) in [5.41, 5.74) is 4.87. The first-order chi connectivity index (χ1) is 15.8. The molecule has 166 valence electrons. The van der Waals surface area contributed by atoms with Crippen molar-refractivity contribution in [3.8, 4) is 0 Å². The minimum atomic E-state index is -0.204. The van der Waals surface area contributed by atoms with E-state index in [-0.39, 0.29) is 12.6 Å². The van der Waals surface area contributed by atoms with Gasteiger partial charge in [-0.15, -0.1) is 11.3 Å². The Morgan fingerprint density at radius 2 is 1.94 bits per heavy atom. The highest BCUT2D eigenvalue weighted by Crippen LogP contribution is 2.37. The van der Waals surface area contributed by atoms with E-state index in [1.54, 1.807) is 17.7 Å². The van der Waals surface area contributed by atoms with Gasteiger partial charge in [0.05, 0.1) is 22.9 Å². The number of nitrogens with zero attached hydrogens (tertiary/aromatic N) is 3. The average Bonchev–Trinajstić information content (AvgIpc) is 3.29. The fourth-order valence-electron chi connectivity index (χ4n) is 4.37. The summed E-state index contributed by atoms with van der Waals surface area (Å²) in [6, 6.07) is 11.9. The Balaban J connectivity index is 1.35. The van der Waals surface area contributed by atoms with E-state index in [4.69, 9.17) is 0 Å². The second-order valence-electron chi connectivity index (χ2n) is 8.38. The molecule has 2 aliphatic rings. The van der Waals surface area contributed by atoms with Crippen LogP contribution >= 0.6 is 11.3 Å². The number of piperazine rings is 1. The molecule has 5 rings (SSSR count). The Labute approximate surface area is 192 Å². The van der Waals surface area contributed by atoms with Crippen molar-refractivity contribution in [1.82, 2.24) is 20.2 Å². The van der Waals surface area contributed by atoms with Gasteiger partial charge in [0.25, 0.3) is 0 Å². The number of thiophene rings is 1. The van der Waals surface area contributed by atoms with Crippen LogP contribution in [0.4, 0.5) is 5.82 Å². The maximum absolute atomic E-state index is 9.94. The van der Waals surface area contributed by atoms with E-state index >= 15 is 0 Å². The summed E-state index contributed by atoms with van der Waals surface area (Å²) in [6.45, 7) is 5.54. The summed E-state index contributed by atoms with van der Waals surface area (Å²) >= 11 is 1.73. The van der Waals surface area contributed by atoms with Crippen molar-refractivity contribution in [2.24, 2.45) is 0 Å². The van der Waals surface area contributed by atoms with Gasteiger partial charge in [0, 0.05) is 37.6 Å². The number of allylic oxidation sites excluding steroid dienone is 3. The minimum absolute atomic E-state index is 0.000450. The van der Waals surface area contributed by atoms with Crippen molar-refractivity contribution in [1.29, 1.82) is 0 Å². The minimum Gasteiger partial charge on any atom is -0.394 e. The number of benzene rings is 1. The van der Waals surface area contributed by atoms with Crippen LogP contribution in [0, 0.1) is 0 Å². The van der Waals surface area contributed by atoms with Gasteiger partial charge < -0.3 is 15.7 Å². The standard InChI is InChI=1S/C25H29N5OS/c31-16-22(19-4-2-1-3-5-19)29-25-24-21(27-17-28-25)14-23(32-24)20-8-6-18(7-9-20)15-30-12-10-26-11-13-30/h1-6,8,14,17,22,26,31H,7,9-13,15-16H2,(H,27,28,29). The van der Waals surface area contributed by atoms with E-state index in [0.717, 1.165) is 67.2 Å². The highest BCUT2D eigenvalue weighted by molar-refractivity contribution is 7.20. The highest BCUT2D eigenvalue weighted by Gasteiger charge is 2.18. The molecule has 0 bridgehead atoms. The van der Waals surface area contributed by atoms with E-state index in [2.05, 4.69) is 43.7 Å². The molecule has 1 aliphatic carbocycles. The Bertz CT molecular complexity index is 1120. The van der Waals surface area contributed by atoms with Crippen LogP contribution < -0.4 is 10.6 Å². The number of anilines is 1. The lowest BCUT2D eigenvalue weighted by Gasteiger charge is -2.28. The Morgan fingerprint density at radius 3 is 2.69 bits per heavy atom. The molecule has 6 nitrogen and oxygen atoms in total. The molecule has 0 saturated carbocycles. The molecule has 0 radical (unpaired) electrons. The second-order valence-corrected chi connectivity index (χ2v) is 9.43. The van der Waals surface area contributed by atoms with Gasteiger partial charge in [0.1, 0.15) is 12.1 Å². The van der Waals surface area contributed by atoms with Crippen molar-refractivity contribution in [2.45, 2.75) is 18.9 Å². The van der Waals surface area contributed by atoms with Gasteiger partial charge in [-0.25, -0.2) is 9.97 Å². The lowest BCUT2D eigenvalue weighted by Crippen LogP contribution is -2.44. The van der Waals surface area contributed by atoms with E-state index in [1.807, 2.05) is 30.3 Å². The number of aliphatic hydroxyl groups is 1. The first-order valence-corrected chi connectivity index (χ1v) is 12.1. The molecule has 3 heterocycles. The topological polar surface area (TPSA) is 73.3 Å². The molecular weight excluding hydrogens is 418 g/mol. The molecule has 1 unspecified atom stereocenters. The van der Waals surface area contributed by atoms with Crippen LogP contribution in [-0.4, -0.2) is 59.3 Å². The van der Waals surface area contributed by atoms with Gasteiger partial charge in [-0.2, -0.15) is 0 Å². The lowest BCUT2D eigenvalue weighted by molar-refractivity contribution is 0.257. The molecule has 32 heavy (non-hydrogen) atoms. The summed E-state index contributed by atoms with van der Waals surface area (Å²) in [5, 5.41) is 16.8. The van der Waals surface area contributed by atoms with E-state index in [9.17, 15) is 5.11 Å². The third-order valence-corrected chi connectivity index (χ3v) is 7.40. The molecule has 0 spiro atoms. The zero-order valence-corrected chi connectivity index (χ0v) is 18.9. The maximum atomic E-state index is 9.94. The number of aromatic nitrogens is 2. The number of rotatable bonds is 7. The molecular formula is C25H29N5OS. The van der Waals surface area contributed by atoms with Gasteiger partial charge >= 0.3 is 0 Å². The monoisotopic (exact) mass is 447 g/mol. The Hall–Kier alpha value is -2.58. The molecule has 1 atom stereocenters. The number of fused-ring (bicyclic) bond motifs is 1. The van der Waals surface area contributed by atoms with E-state index in [1.165, 1.54) is 16.0 Å². The zero-order chi connectivity index (χ0) is 21.8. The first-order valence-electron chi connectivity index (χ1n) is 11.3. The van der Waals surface area contributed by atoms with Crippen molar-refractivity contribution in [2.75, 3.05) is 44.6 Å². The van der Waals surface area contributed by atoms with Crippen molar-refractivity contribution >= 4 is 32.9 Å². The third kappa shape index (κ3) is 4.76. The van der Waals surface area contributed by atoms with Crippen molar-refractivity contribution in [3.63, 3.8) is 0 Å². The van der Waals surface area contributed by atoms with E-state index < -0.39 is 0 Å². The Kier molecular flexibility index (Phi) is 6.59. The van der Waals surface area contributed by atoms with Gasteiger partial charge in [-0.1, -0.05) is 48.1 Å². The molecule has 1 aliphatic heterocycles. The first kappa shape index (κ1) is 21.3. The molecule has 7 heteroatoms. The molecule has 3 aromatic rings. The molecule has 0 amide bonds. The molecule has 3 N–H and O–H groups in total. The second kappa shape index (κ2) is 9.92. The van der Waals surface area contributed by atoms with Gasteiger partial charge in [-0.05, 0) is 30.0 Å². The largest absolute Gasteiger partial charge is 0.394 e. The molecule has 1 saturated heterocycles. The zero-order valence-electron chi connectivity index (χ0n) is 18.1. The fraction of sp³-hybridized carbons (Fsp3) is 0.360. The summed E-state index contributed by atoms with van der Waals surface area (Å²) in [6.07, 6.45) is 8.37. The molecule has 2 aromatic heterocycles. The predicted octanol–water partition coefficient (Wildman–Crippen LogP) is 3.85.